The molecule has 1 aromatic rings. The van der Waals surface area contributed by atoms with Gasteiger partial charge in [0.25, 0.3) is 5.91 Å². The third-order valence-corrected chi connectivity index (χ3v) is 3.83. The lowest BCUT2D eigenvalue weighted by atomic mass is 10.1. The van der Waals surface area contributed by atoms with Gasteiger partial charge in [0.05, 0.1) is 24.4 Å². The topological polar surface area (TPSA) is 67.6 Å². The summed E-state index contributed by atoms with van der Waals surface area (Å²) in [6.07, 6.45) is 0.993. The summed E-state index contributed by atoms with van der Waals surface area (Å²) in [5.41, 5.74) is 5.13. The Bertz CT molecular complexity index is 490. The van der Waals surface area contributed by atoms with Gasteiger partial charge in [-0.1, -0.05) is 6.92 Å². The zero-order valence-electron chi connectivity index (χ0n) is 12.3. The van der Waals surface area contributed by atoms with E-state index in [1.54, 1.807) is 0 Å². The summed E-state index contributed by atoms with van der Waals surface area (Å²) in [5.74, 6) is 5.49. The average molecular weight is 277 g/mol. The van der Waals surface area contributed by atoms with Gasteiger partial charge in [0.1, 0.15) is 0 Å². The highest BCUT2D eigenvalue weighted by Crippen LogP contribution is 2.21. The van der Waals surface area contributed by atoms with E-state index in [4.69, 9.17) is 10.6 Å². The largest absolute Gasteiger partial charge is 0.375 e. The fourth-order valence-corrected chi connectivity index (χ4v) is 2.56. The van der Waals surface area contributed by atoms with Crippen molar-refractivity contribution in [1.29, 1.82) is 0 Å². The van der Waals surface area contributed by atoms with Crippen LogP contribution >= 0.6 is 0 Å². The number of anilines is 1. The fraction of sp³-hybridized carbons (Fsp3) is 0.533. The Balaban J connectivity index is 2.22. The van der Waals surface area contributed by atoms with Crippen molar-refractivity contribution in [2.24, 2.45) is 5.84 Å². The quantitative estimate of drug-likeness (QED) is 0.654. The van der Waals surface area contributed by atoms with Crippen molar-refractivity contribution in [3.63, 3.8) is 0 Å². The second-order valence-electron chi connectivity index (χ2n) is 5.34. The van der Waals surface area contributed by atoms with Crippen molar-refractivity contribution in [2.45, 2.75) is 39.3 Å². The highest BCUT2D eigenvalue weighted by atomic mass is 16.5. The molecule has 1 aliphatic rings. The van der Waals surface area contributed by atoms with E-state index in [0.717, 1.165) is 17.7 Å². The lowest BCUT2D eigenvalue weighted by Gasteiger charge is -2.38. The monoisotopic (exact) mass is 277 g/mol. The van der Waals surface area contributed by atoms with Gasteiger partial charge in [-0.15, -0.1) is 0 Å². The molecule has 0 spiro atoms. The first kappa shape index (κ1) is 14.8. The minimum Gasteiger partial charge on any atom is -0.375 e. The molecule has 3 N–H and O–H groups in total. The van der Waals surface area contributed by atoms with Crippen LogP contribution in [0.1, 0.15) is 36.2 Å². The smallest absolute Gasteiger partial charge is 0.254 e. The van der Waals surface area contributed by atoms with E-state index in [2.05, 4.69) is 12.3 Å². The van der Waals surface area contributed by atoms with Crippen LogP contribution in [0.4, 0.5) is 5.69 Å². The predicted octanol–water partition coefficient (Wildman–Crippen LogP) is 1.92. The molecule has 1 amide bonds. The number of amides is 1. The fourth-order valence-electron chi connectivity index (χ4n) is 2.56. The number of nitrogen functional groups attached to an aromatic ring is 1. The van der Waals surface area contributed by atoms with Gasteiger partial charge >= 0.3 is 0 Å². The number of ether oxygens (including phenoxy) is 1. The average Bonchev–Trinajstić information content (AvgIpc) is 2.46. The molecule has 20 heavy (non-hydrogen) atoms. The minimum absolute atomic E-state index is 0.0682. The van der Waals surface area contributed by atoms with Crippen LogP contribution in [0.3, 0.4) is 0 Å². The van der Waals surface area contributed by atoms with Gasteiger partial charge in [-0.05, 0) is 44.0 Å². The molecule has 0 aliphatic carbocycles. The number of hydrogen-bond donors (Lipinski definition) is 2. The number of hydrogen-bond acceptors (Lipinski definition) is 4. The van der Waals surface area contributed by atoms with Gasteiger partial charge in [0, 0.05) is 12.1 Å². The van der Waals surface area contributed by atoms with Crippen LogP contribution < -0.4 is 11.3 Å². The molecular weight excluding hydrogens is 254 g/mol. The van der Waals surface area contributed by atoms with E-state index in [1.807, 2.05) is 36.9 Å². The van der Waals surface area contributed by atoms with Crippen molar-refractivity contribution in [3.8, 4) is 0 Å². The minimum atomic E-state index is 0.0682. The SMILES string of the molecule is CCC1COC(C)CN1C(=O)c1ccc(NN)c(C)c1. The standard InChI is InChI=1S/C15H23N3O2/c1-4-13-9-20-11(3)8-18(13)15(19)12-5-6-14(17-16)10(2)7-12/h5-7,11,13,17H,4,8-9,16H2,1-3H3. The molecule has 1 aliphatic heterocycles. The molecule has 0 radical (unpaired) electrons. The summed E-state index contributed by atoms with van der Waals surface area (Å²) < 4.78 is 5.64. The molecule has 0 aromatic heterocycles. The van der Waals surface area contributed by atoms with E-state index in [9.17, 15) is 4.79 Å². The highest BCUT2D eigenvalue weighted by molar-refractivity contribution is 5.95. The Kier molecular flexibility index (Phi) is 4.62. The lowest BCUT2D eigenvalue weighted by molar-refractivity contribution is -0.0444. The summed E-state index contributed by atoms with van der Waals surface area (Å²) in [5, 5.41) is 0. The predicted molar refractivity (Wildman–Crippen MR) is 79.5 cm³/mol. The molecule has 5 heteroatoms. The number of rotatable bonds is 3. The van der Waals surface area contributed by atoms with Gasteiger partial charge in [0.2, 0.25) is 0 Å². The molecular formula is C15H23N3O2. The van der Waals surface area contributed by atoms with E-state index < -0.39 is 0 Å². The van der Waals surface area contributed by atoms with Crippen molar-refractivity contribution in [3.05, 3.63) is 29.3 Å². The Morgan fingerprint density at radius 3 is 2.90 bits per heavy atom. The second kappa shape index (κ2) is 6.24. The van der Waals surface area contributed by atoms with Crippen LogP contribution in [-0.4, -0.2) is 36.1 Å². The lowest BCUT2D eigenvalue weighted by Crippen LogP contribution is -2.51. The number of carbonyl (C=O) groups excluding carboxylic acids is 1. The summed E-state index contributed by atoms with van der Waals surface area (Å²) in [6, 6.07) is 5.70. The van der Waals surface area contributed by atoms with Crippen LogP contribution in [0.15, 0.2) is 18.2 Å². The van der Waals surface area contributed by atoms with Gasteiger partial charge in [-0.25, -0.2) is 0 Å². The van der Waals surface area contributed by atoms with Gasteiger partial charge in [-0.3, -0.25) is 10.6 Å². The molecule has 0 saturated carbocycles. The molecule has 1 heterocycles. The summed E-state index contributed by atoms with van der Waals surface area (Å²) >= 11 is 0. The maximum absolute atomic E-state index is 12.7. The summed E-state index contributed by atoms with van der Waals surface area (Å²) in [4.78, 5) is 14.6. The maximum atomic E-state index is 12.7. The normalized spacial score (nSPS) is 22.7. The van der Waals surface area contributed by atoms with Gasteiger partial charge in [-0.2, -0.15) is 0 Å². The number of hydrazine groups is 1. The zero-order chi connectivity index (χ0) is 14.7. The first-order valence-corrected chi connectivity index (χ1v) is 7.06. The van der Waals surface area contributed by atoms with Crippen LogP contribution in [0.25, 0.3) is 0 Å². The second-order valence-corrected chi connectivity index (χ2v) is 5.34. The van der Waals surface area contributed by atoms with E-state index >= 15 is 0 Å². The number of nitrogens with zero attached hydrogens (tertiary/aromatic N) is 1. The molecule has 2 unspecified atom stereocenters. The van der Waals surface area contributed by atoms with E-state index in [0.29, 0.717) is 18.7 Å². The third kappa shape index (κ3) is 2.94. The highest BCUT2D eigenvalue weighted by Gasteiger charge is 2.30. The molecule has 5 nitrogen and oxygen atoms in total. The number of carbonyl (C=O) groups is 1. The molecule has 1 aromatic carbocycles. The Morgan fingerprint density at radius 1 is 1.55 bits per heavy atom. The Morgan fingerprint density at radius 2 is 2.30 bits per heavy atom. The molecule has 0 bridgehead atoms. The summed E-state index contributed by atoms with van der Waals surface area (Å²) in [6.45, 7) is 7.28. The molecule has 1 fully saturated rings. The van der Waals surface area contributed by atoms with E-state index in [1.165, 1.54) is 0 Å². The van der Waals surface area contributed by atoms with Crippen molar-refractivity contribution in [2.75, 3.05) is 18.6 Å². The first-order chi connectivity index (χ1) is 9.56. The van der Waals surface area contributed by atoms with Crippen LogP contribution in [0, 0.1) is 6.92 Å². The molecule has 110 valence electrons. The number of nitrogens with one attached hydrogen (secondary N) is 1. The number of aryl methyl sites for hydroxylation is 1. The summed E-state index contributed by atoms with van der Waals surface area (Å²) in [7, 11) is 0. The Hall–Kier alpha value is -1.59. The third-order valence-electron chi connectivity index (χ3n) is 3.83. The number of morpholine rings is 1. The number of benzene rings is 1. The molecule has 2 atom stereocenters. The van der Waals surface area contributed by atoms with E-state index in [-0.39, 0.29) is 18.1 Å². The van der Waals surface area contributed by atoms with Crippen LogP contribution in [0.5, 0.6) is 0 Å². The van der Waals surface area contributed by atoms with Crippen molar-refractivity contribution >= 4 is 11.6 Å². The zero-order valence-corrected chi connectivity index (χ0v) is 12.3. The van der Waals surface area contributed by atoms with Crippen molar-refractivity contribution in [1.82, 2.24) is 4.90 Å². The van der Waals surface area contributed by atoms with Crippen LogP contribution in [-0.2, 0) is 4.74 Å². The Labute approximate surface area is 120 Å². The van der Waals surface area contributed by atoms with Gasteiger partial charge < -0.3 is 15.1 Å². The molecule has 1 saturated heterocycles. The van der Waals surface area contributed by atoms with Gasteiger partial charge in [0.15, 0.2) is 0 Å². The maximum Gasteiger partial charge on any atom is 0.254 e. The van der Waals surface area contributed by atoms with Crippen molar-refractivity contribution < 1.29 is 9.53 Å². The van der Waals surface area contributed by atoms with Crippen LogP contribution in [0.2, 0.25) is 0 Å². The molecule has 2 rings (SSSR count). The first-order valence-electron chi connectivity index (χ1n) is 7.06. The number of nitrogens with two attached hydrogens (primary N) is 1.